The minimum Gasteiger partial charge on any atom is -0.507 e. The second kappa shape index (κ2) is 8.74. The molecule has 31 heavy (non-hydrogen) atoms. The highest BCUT2D eigenvalue weighted by molar-refractivity contribution is 6.08. The van der Waals surface area contributed by atoms with Crippen LogP contribution in [0, 0.1) is 0 Å². The Morgan fingerprint density at radius 3 is 2.52 bits per heavy atom. The Hall–Kier alpha value is -4.08. The number of nitrogens with one attached hydrogen (secondary N) is 2. The number of carbonyl (C=O) groups is 4. The Bertz CT molecular complexity index is 1020. The largest absolute Gasteiger partial charge is 0.507 e. The summed E-state index contributed by atoms with van der Waals surface area (Å²) in [5.41, 5.74) is 1.22. The van der Waals surface area contributed by atoms with Crippen LogP contribution in [0.5, 0.6) is 11.5 Å². The molecule has 3 N–H and O–H groups in total. The van der Waals surface area contributed by atoms with Crippen molar-refractivity contribution < 1.29 is 33.8 Å². The average Bonchev–Trinajstić information content (AvgIpc) is 3.03. The van der Waals surface area contributed by atoms with E-state index in [1.807, 2.05) is 0 Å². The van der Waals surface area contributed by atoms with Crippen LogP contribution in [0.15, 0.2) is 48.5 Å². The van der Waals surface area contributed by atoms with Crippen molar-refractivity contribution >= 4 is 23.8 Å². The highest BCUT2D eigenvalue weighted by Crippen LogP contribution is 2.31. The van der Waals surface area contributed by atoms with Crippen molar-refractivity contribution in [3.05, 3.63) is 59.7 Å². The fourth-order valence-electron chi connectivity index (χ4n) is 3.21. The molecule has 2 aromatic carbocycles. The van der Waals surface area contributed by atoms with Crippen LogP contribution in [-0.4, -0.2) is 47.6 Å². The Kier molecular flexibility index (Phi) is 6.10. The molecule has 1 atom stereocenters. The van der Waals surface area contributed by atoms with Crippen LogP contribution < -0.4 is 15.5 Å². The third-order valence-electron chi connectivity index (χ3n) is 4.88. The number of amides is 4. The number of benzene rings is 2. The van der Waals surface area contributed by atoms with Crippen LogP contribution in [0.25, 0.3) is 0 Å². The predicted octanol–water partition coefficient (Wildman–Crippen LogP) is 1.45. The molecular weight excluding hydrogens is 406 g/mol. The fourth-order valence-corrected chi connectivity index (χ4v) is 3.21. The predicted molar refractivity (Wildman–Crippen MR) is 107 cm³/mol. The van der Waals surface area contributed by atoms with Gasteiger partial charge in [0.15, 0.2) is 6.61 Å². The molecule has 162 valence electrons. The minimum absolute atomic E-state index is 0.198. The van der Waals surface area contributed by atoms with Gasteiger partial charge in [0.2, 0.25) is 0 Å². The van der Waals surface area contributed by atoms with Gasteiger partial charge in [-0.1, -0.05) is 37.3 Å². The number of imide groups is 1. The number of carbonyl (C=O) groups excluding carboxylic acids is 4. The van der Waals surface area contributed by atoms with E-state index in [0.29, 0.717) is 16.3 Å². The molecule has 4 amide bonds. The Balaban J connectivity index is 1.66. The van der Waals surface area contributed by atoms with Crippen LogP contribution in [0.4, 0.5) is 4.79 Å². The van der Waals surface area contributed by atoms with E-state index in [9.17, 15) is 24.3 Å². The summed E-state index contributed by atoms with van der Waals surface area (Å²) in [6.45, 7) is 0.954. The van der Waals surface area contributed by atoms with Gasteiger partial charge in [-0.2, -0.15) is 5.01 Å². The summed E-state index contributed by atoms with van der Waals surface area (Å²) < 4.78 is 9.86. The summed E-state index contributed by atoms with van der Waals surface area (Å²) in [4.78, 5) is 49.7. The van der Waals surface area contributed by atoms with E-state index in [2.05, 4.69) is 10.7 Å². The quantitative estimate of drug-likeness (QED) is 0.450. The van der Waals surface area contributed by atoms with Gasteiger partial charge in [-0.05, 0) is 30.2 Å². The summed E-state index contributed by atoms with van der Waals surface area (Å²) in [6.07, 6.45) is 0.262. The number of rotatable bonds is 7. The monoisotopic (exact) mass is 427 g/mol. The lowest BCUT2D eigenvalue weighted by molar-refractivity contribution is -0.140. The zero-order valence-corrected chi connectivity index (χ0v) is 16.9. The Morgan fingerprint density at radius 1 is 1.16 bits per heavy atom. The van der Waals surface area contributed by atoms with Crippen LogP contribution in [0.2, 0.25) is 0 Å². The standard InChI is InChI=1S/C21H21N3O7/c1-3-21(13-7-5-4-6-8-13)19(28)24(20(29)22-21)23-17(26)12-31-18(27)15-11-14(30-2)9-10-16(15)25/h4-11,25H,3,12H2,1-2H3,(H,22,29)(H,23,26). The number of urea groups is 1. The van der Waals surface area contributed by atoms with E-state index in [4.69, 9.17) is 9.47 Å². The van der Waals surface area contributed by atoms with E-state index < -0.39 is 36.0 Å². The number of hydrogen-bond donors (Lipinski definition) is 3. The van der Waals surface area contributed by atoms with Crippen molar-refractivity contribution in [3.63, 3.8) is 0 Å². The molecule has 1 fully saturated rings. The van der Waals surface area contributed by atoms with Gasteiger partial charge in [-0.3, -0.25) is 15.0 Å². The number of phenols is 1. The molecule has 0 aliphatic carbocycles. The Labute approximate surface area is 177 Å². The van der Waals surface area contributed by atoms with Gasteiger partial charge in [0.1, 0.15) is 22.6 Å². The Morgan fingerprint density at radius 2 is 1.87 bits per heavy atom. The zero-order valence-electron chi connectivity index (χ0n) is 16.9. The number of aromatic hydroxyl groups is 1. The average molecular weight is 427 g/mol. The lowest BCUT2D eigenvalue weighted by Gasteiger charge is -2.25. The number of ether oxygens (including phenoxy) is 2. The molecule has 1 aliphatic rings. The molecule has 1 heterocycles. The first-order valence-electron chi connectivity index (χ1n) is 9.38. The summed E-state index contributed by atoms with van der Waals surface area (Å²) in [5.74, 6) is -2.58. The van der Waals surface area contributed by atoms with Crippen molar-refractivity contribution in [2.45, 2.75) is 18.9 Å². The van der Waals surface area contributed by atoms with Crippen molar-refractivity contribution in [1.82, 2.24) is 15.8 Å². The molecule has 0 spiro atoms. The number of esters is 1. The van der Waals surface area contributed by atoms with Crippen LogP contribution >= 0.6 is 0 Å². The highest BCUT2D eigenvalue weighted by Gasteiger charge is 2.52. The van der Waals surface area contributed by atoms with Crippen molar-refractivity contribution in [3.8, 4) is 11.5 Å². The molecule has 1 aliphatic heterocycles. The molecule has 0 saturated carbocycles. The second-order valence-corrected chi connectivity index (χ2v) is 6.69. The first kappa shape index (κ1) is 21.6. The fraction of sp³-hybridized carbons (Fsp3) is 0.238. The third-order valence-corrected chi connectivity index (χ3v) is 4.88. The summed E-state index contributed by atoms with van der Waals surface area (Å²) in [7, 11) is 1.39. The summed E-state index contributed by atoms with van der Waals surface area (Å²) in [6, 6.07) is 11.8. The molecule has 3 rings (SSSR count). The van der Waals surface area contributed by atoms with E-state index in [0.717, 1.165) is 0 Å². The topological polar surface area (TPSA) is 134 Å². The van der Waals surface area contributed by atoms with Gasteiger partial charge < -0.3 is 19.9 Å². The third kappa shape index (κ3) is 4.13. The smallest absolute Gasteiger partial charge is 0.344 e. The van der Waals surface area contributed by atoms with Crippen molar-refractivity contribution in [2.24, 2.45) is 0 Å². The minimum atomic E-state index is -1.31. The lowest BCUT2D eigenvalue weighted by Crippen LogP contribution is -2.49. The number of hydrazine groups is 1. The molecule has 2 aromatic rings. The molecule has 1 saturated heterocycles. The van der Waals surface area contributed by atoms with E-state index in [1.54, 1.807) is 37.3 Å². The van der Waals surface area contributed by atoms with Gasteiger partial charge in [0.25, 0.3) is 11.8 Å². The lowest BCUT2D eigenvalue weighted by atomic mass is 9.87. The maximum absolute atomic E-state index is 13.0. The van der Waals surface area contributed by atoms with Crippen LogP contribution in [-0.2, 0) is 19.9 Å². The van der Waals surface area contributed by atoms with Gasteiger partial charge in [0, 0.05) is 0 Å². The summed E-state index contributed by atoms with van der Waals surface area (Å²) in [5, 5.41) is 13.0. The zero-order chi connectivity index (χ0) is 22.6. The SMILES string of the molecule is CCC1(c2ccccc2)NC(=O)N(NC(=O)COC(=O)c2cc(OC)ccc2O)C1=O. The molecule has 10 heteroatoms. The molecule has 0 aromatic heterocycles. The molecular formula is C21H21N3O7. The van der Waals surface area contributed by atoms with Crippen LogP contribution in [0.1, 0.15) is 29.3 Å². The molecule has 0 radical (unpaired) electrons. The number of phenolic OH excluding ortho intramolecular Hbond substituents is 1. The summed E-state index contributed by atoms with van der Waals surface area (Å²) >= 11 is 0. The molecule has 1 unspecified atom stereocenters. The van der Waals surface area contributed by atoms with E-state index in [-0.39, 0.29) is 17.7 Å². The first-order chi connectivity index (χ1) is 14.8. The maximum atomic E-state index is 13.0. The van der Waals surface area contributed by atoms with Gasteiger partial charge in [-0.25, -0.2) is 9.59 Å². The number of hydrogen-bond acceptors (Lipinski definition) is 7. The second-order valence-electron chi connectivity index (χ2n) is 6.69. The molecule has 10 nitrogen and oxygen atoms in total. The van der Waals surface area contributed by atoms with E-state index in [1.165, 1.54) is 25.3 Å². The molecule has 0 bridgehead atoms. The highest BCUT2D eigenvalue weighted by atomic mass is 16.5. The first-order valence-corrected chi connectivity index (χ1v) is 9.38. The van der Waals surface area contributed by atoms with Crippen LogP contribution in [0.3, 0.4) is 0 Å². The van der Waals surface area contributed by atoms with E-state index >= 15 is 0 Å². The van der Waals surface area contributed by atoms with Crippen molar-refractivity contribution in [1.29, 1.82) is 0 Å². The number of methoxy groups -OCH3 is 1. The normalized spacial score (nSPS) is 17.8. The van der Waals surface area contributed by atoms with Gasteiger partial charge >= 0.3 is 12.0 Å². The number of nitrogens with zero attached hydrogens (tertiary/aromatic N) is 1. The van der Waals surface area contributed by atoms with Crippen molar-refractivity contribution in [2.75, 3.05) is 13.7 Å². The van der Waals surface area contributed by atoms with Gasteiger partial charge in [0.05, 0.1) is 7.11 Å². The van der Waals surface area contributed by atoms with Gasteiger partial charge in [-0.15, -0.1) is 0 Å². The maximum Gasteiger partial charge on any atom is 0.344 e.